The molecule has 0 spiro atoms. The summed E-state index contributed by atoms with van der Waals surface area (Å²) in [5, 5.41) is 16.4. The van der Waals surface area contributed by atoms with Gasteiger partial charge in [-0.25, -0.2) is 23.1 Å². The molecule has 1 unspecified atom stereocenters. The highest BCUT2D eigenvalue weighted by atomic mass is 19.3. The maximum Gasteiger partial charge on any atom is 0.280 e. The van der Waals surface area contributed by atoms with E-state index in [4.69, 9.17) is 0 Å². The second kappa shape index (κ2) is 8.17. The number of benzene rings is 1. The summed E-state index contributed by atoms with van der Waals surface area (Å²) in [6, 6.07) is 6.73. The van der Waals surface area contributed by atoms with Crippen molar-refractivity contribution in [2.75, 3.05) is 12.0 Å². The molecule has 0 fully saturated rings. The van der Waals surface area contributed by atoms with Gasteiger partial charge in [-0.05, 0) is 36.2 Å². The normalized spacial score (nSPS) is 12.4. The Morgan fingerprint density at radius 2 is 2.04 bits per heavy atom. The molecule has 9 heteroatoms. The number of aliphatic hydroxyl groups excluding tert-OH is 1. The molecule has 2 heterocycles. The summed E-state index contributed by atoms with van der Waals surface area (Å²) in [5.74, 6) is 0.0751. The molecule has 0 aliphatic heterocycles. The van der Waals surface area contributed by atoms with Crippen LogP contribution in [0.1, 0.15) is 17.7 Å². The number of aromatic nitrogens is 4. The number of hydrogen-bond donors (Lipinski definition) is 2. The summed E-state index contributed by atoms with van der Waals surface area (Å²) in [5.41, 5.74) is 2.80. The molecule has 1 aromatic carbocycles. The third-order valence-corrected chi connectivity index (χ3v) is 3.78. The van der Waals surface area contributed by atoms with Crippen LogP contribution < -0.4 is 5.32 Å². The van der Waals surface area contributed by atoms with E-state index in [0.717, 1.165) is 22.8 Å². The highest BCUT2D eigenvalue weighted by molar-refractivity contribution is 5.70. The predicted molar refractivity (Wildman–Crippen MR) is 94.7 cm³/mol. The number of halogens is 3. The van der Waals surface area contributed by atoms with Crippen LogP contribution in [-0.4, -0.2) is 37.6 Å². The van der Waals surface area contributed by atoms with E-state index in [0.29, 0.717) is 5.69 Å². The van der Waals surface area contributed by atoms with Crippen LogP contribution in [0.4, 0.5) is 24.8 Å². The van der Waals surface area contributed by atoms with Gasteiger partial charge in [0, 0.05) is 23.6 Å². The number of aliphatic hydroxyl groups is 1. The number of alkyl halides is 3. The van der Waals surface area contributed by atoms with Gasteiger partial charge in [0.25, 0.3) is 6.43 Å². The summed E-state index contributed by atoms with van der Waals surface area (Å²) in [7, 11) is 0. The molecule has 6 nitrogen and oxygen atoms in total. The molecule has 0 saturated heterocycles. The topological polar surface area (TPSA) is 75.9 Å². The largest absolute Gasteiger partial charge is 0.388 e. The van der Waals surface area contributed by atoms with Crippen molar-refractivity contribution >= 4 is 11.6 Å². The van der Waals surface area contributed by atoms with Crippen molar-refractivity contribution < 1.29 is 18.3 Å². The number of rotatable bonds is 7. The molecule has 2 N–H and O–H groups in total. The second-order valence-electron chi connectivity index (χ2n) is 6.08. The standard InChI is InChI=1S/C18H18F3N5O/c1-11-4-12(13-8-23-26(9-13)10-15(27)7-19)6-14(5-11)24-18-22-3-2-16(25-18)17(20)21/h2-6,8-9,15,17,27H,7,10H2,1H3,(H,22,24,25). The monoisotopic (exact) mass is 377 g/mol. The predicted octanol–water partition coefficient (Wildman–Crippen LogP) is 3.66. The van der Waals surface area contributed by atoms with Gasteiger partial charge in [-0.3, -0.25) is 4.68 Å². The van der Waals surface area contributed by atoms with Crippen molar-refractivity contribution in [1.82, 2.24) is 19.7 Å². The van der Waals surface area contributed by atoms with Crippen LogP contribution in [0.15, 0.2) is 42.9 Å². The zero-order valence-corrected chi connectivity index (χ0v) is 14.5. The first kappa shape index (κ1) is 18.8. The molecule has 0 radical (unpaired) electrons. The molecule has 0 aliphatic carbocycles. The van der Waals surface area contributed by atoms with Gasteiger partial charge >= 0.3 is 0 Å². The van der Waals surface area contributed by atoms with Gasteiger partial charge in [0.1, 0.15) is 18.5 Å². The zero-order valence-electron chi connectivity index (χ0n) is 14.5. The minimum atomic E-state index is -2.67. The van der Waals surface area contributed by atoms with Crippen LogP contribution in [-0.2, 0) is 6.54 Å². The highest BCUT2D eigenvalue weighted by Gasteiger charge is 2.11. The fraction of sp³-hybridized carbons (Fsp3) is 0.278. The summed E-state index contributed by atoms with van der Waals surface area (Å²) >= 11 is 0. The maximum absolute atomic E-state index is 12.8. The Morgan fingerprint density at radius 3 is 2.78 bits per heavy atom. The van der Waals surface area contributed by atoms with Crippen molar-refractivity contribution in [2.24, 2.45) is 0 Å². The lowest BCUT2D eigenvalue weighted by atomic mass is 10.1. The molecule has 0 saturated carbocycles. The first-order chi connectivity index (χ1) is 12.9. The minimum Gasteiger partial charge on any atom is -0.388 e. The van der Waals surface area contributed by atoms with E-state index in [1.54, 1.807) is 18.5 Å². The third kappa shape index (κ3) is 4.82. The number of nitrogens with one attached hydrogen (secondary N) is 1. The summed E-state index contributed by atoms with van der Waals surface area (Å²) in [4.78, 5) is 7.75. The first-order valence-corrected chi connectivity index (χ1v) is 8.21. The lowest BCUT2D eigenvalue weighted by Crippen LogP contribution is -2.17. The SMILES string of the molecule is Cc1cc(Nc2nccc(C(F)F)n2)cc(-c2cnn(CC(O)CF)c2)c1. The average Bonchev–Trinajstić information content (AvgIpc) is 3.10. The van der Waals surface area contributed by atoms with E-state index in [1.165, 1.54) is 10.9 Å². The van der Waals surface area contributed by atoms with E-state index in [9.17, 15) is 18.3 Å². The van der Waals surface area contributed by atoms with E-state index < -0.39 is 19.2 Å². The van der Waals surface area contributed by atoms with Crippen molar-refractivity contribution in [3.8, 4) is 11.1 Å². The lowest BCUT2D eigenvalue weighted by Gasteiger charge is -2.09. The quantitative estimate of drug-likeness (QED) is 0.657. The van der Waals surface area contributed by atoms with Crippen molar-refractivity contribution in [3.63, 3.8) is 0 Å². The number of hydrogen-bond acceptors (Lipinski definition) is 5. The van der Waals surface area contributed by atoms with E-state index in [2.05, 4.69) is 20.4 Å². The van der Waals surface area contributed by atoms with Gasteiger partial charge in [-0.2, -0.15) is 5.10 Å². The van der Waals surface area contributed by atoms with Crippen LogP contribution in [0, 0.1) is 6.92 Å². The van der Waals surface area contributed by atoms with E-state index >= 15 is 0 Å². The average molecular weight is 377 g/mol. The molecule has 3 aromatic rings. The van der Waals surface area contributed by atoms with Crippen LogP contribution in [0.5, 0.6) is 0 Å². The molecular formula is C18H18F3N5O. The van der Waals surface area contributed by atoms with Crippen LogP contribution in [0.25, 0.3) is 11.1 Å². The molecule has 2 aromatic heterocycles. The van der Waals surface area contributed by atoms with Gasteiger partial charge < -0.3 is 10.4 Å². The van der Waals surface area contributed by atoms with Gasteiger partial charge in [-0.15, -0.1) is 0 Å². The Morgan fingerprint density at radius 1 is 1.22 bits per heavy atom. The maximum atomic E-state index is 12.8. The van der Waals surface area contributed by atoms with Crippen LogP contribution in [0.2, 0.25) is 0 Å². The molecule has 0 amide bonds. The van der Waals surface area contributed by atoms with Gasteiger partial charge in [0.05, 0.1) is 12.7 Å². The van der Waals surface area contributed by atoms with Crippen LogP contribution in [0.3, 0.4) is 0 Å². The fourth-order valence-corrected chi connectivity index (χ4v) is 2.58. The highest BCUT2D eigenvalue weighted by Crippen LogP contribution is 2.26. The van der Waals surface area contributed by atoms with Crippen LogP contribution >= 0.6 is 0 Å². The Balaban J connectivity index is 1.83. The number of anilines is 2. The van der Waals surface area contributed by atoms with Gasteiger partial charge in [-0.1, -0.05) is 6.07 Å². The van der Waals surface area contributed by atoms with E-state index in [1.807, 2.05) is 19.1 Å². The Hall–Kier alpha value is -2.94. The molecule has 0 aliphatic rings. The molecule has 3 rings (SSSR count). The third-order valence-electron chi connectivity index (χ3n) is 3.78. The smallest absolute Gasteiger partial charge is 0.280 e. The second-order valence-corrected chi connectivity index (χ2v) is 6.08. The van der Waals surface area contributed by atoms with E-state index in [-0.39, 0.29) is 18.2 Å². The zero-order chi connectivity index (χ0) is 19.4. The molecule has 27 heavy (non-hydrogen) atoms. The molecular weight excluding hydrogens is 359 g/mol. The van der Waals surface area contributed by atoms with Crippen molar-refractivity contribution in [1.29, 1.82) is 0 Å². The molecule has 1 atom stereocenters. The summed E-state index contributed by atoms with van der Waals surface area (Å²) in [6.45, 7) is 1.11. The number of nitrogens with zero attached hydrogens (tertiary/aromatic N) is 4. The molecule has 142 valence electrons. The van der Waals surface area contributed by atoms with Gasteiger partial charge in [0.2, 0.25) is 5.95 Å². The molecule has 0 bridgehead atoms. The van der Waals surface area contributed by atoms with Crippen molar-refractivity contribution in [3.05, 3.63) is 54.1 Å². The Labute approximate surface area is 153 Å². The summed E-state index contributed by atoms with van der Waals surface area (Å²) < 4.78 is 39.5. The lowest BCUT2D eigenvalue weighted by molar-refractivity contribution is 0.118. The Bertz CT molecular complexity index is 916. The van der Waals surface area contributed by atoms with Crippen molar-refractivity contribution in [2.45, 2.75) is 26.0 Å². The summed E-state index contributed by atoms with van der Waals surface area (Å²) in [6.07, 6.45) is 0.801. The Kier molecular flexibility index (Phi) is 5.70. The fourth-order valence-electron chi connectivity index (χ4n) is 2.58. The first-order valence-electron chi connectivity index (χ1n) is 8.21. The number of aryl methyl sites for hydroxylation is 1. The minimum absolute atomic E-state index is 0.0572. The van der Waals surface area contributed by atoms with Gasteiger partial charge in [0.15, 0.2) is 0 Å².